The average Bonchev–Trinajstić information content (AvgIpc) is 2.56. The van der Waals surface area contributed by atoms with Gasteiger partial charge in [0.1, 0.15) is 11.3 Å². The first kappa shape index (κ1) is 22.1. The van der Waals surface area contributed by atoms with Crippen molar-refractivity contribution < 1.29 is 9.90 Å². The fourth-order valence-electron chi connectivity index (χ4n) is 1.92. The minimum absolute atomic E-state index is 0.455. The molecule has 0 heterocycles. The molecule has 26 heavy (non-hydrogen) atoms. The zero-order chi connectivity index (χ0) is 19.7. The number of alkyl halides is 3. The highest BCUT2D eigenvalue weighted by molar-refractivity contribution is 6.78. The number of halogens is 3. The van der Waals surface area contributed by atoms with E-state index in [2.05, 4.69) is 55.8 Å². The zero-order valence-electron chi connectivity index (χ0n) is 13.9. The van der Waals surface area contributed by atoms with Crippen molar-refractivity contribution in [3.63, 3.8) is 0 Å². The van der Waals surface area contributed by atoms with Gasteiger partial charge >= 0.3 is 0 Å². The van der Waals surface area contributed by atoms with E-state index >= 15 is 0 Å². The molecule has 0 atom stereocenters. The number of primary amides is 1. The van der Waals surface area contributed by atoms with Gasteiger partial charge in [0.05, 0.1) is 5.71 Å². The summed E-state index contributed by atoms with van der Waals surface area (Å²) < 4.78 is -2.08. The standard InChI is InChI=1S/C12H10B.C6H7Cl3N2O2/c1-3-7-11(8-4-1)13-12-9-5-2-6-10-12;1-2(12)3(5(11)13)4(10)6(7,8)9/h1-10H;10,12H,1H3,(H2,11,13). The average molecular weight is 411 g/mol. The second kappa shape index (κ2) is 10.3. The summed E-state index contributed by atoms with van der Waals surface area (Å²) >= 11 is 16.0. The van der Waals surface area contributed by atoms with E-state index in [0.29, 0.717) is 0 Å². The number of nitrogens with two attached hydrogens (primary N) is 1. The summed E-state index contributed by atoms with van der Waals surface area (Å²) in [4.78, 5) is 10.7. The van der Waals surface area contributed by atoms with Crippen LogP contribution in [0.25, 0.3) is 0 Å². The monoisotopic (exact) mass is 409 g/mol. The van der Waals surface area contributed by atoms with Crippen LogP contribution in [0.1, 0.15) is 6.92 Å². The molecule has 0 saturated heterocycles. The third-order valence-corrected chi connectivity index (χ3v) is 3.64. The van der Waals surface area contributed by atoms with E-state index in [-0.39, 0.29) is 0 Å². The highest BCUT2D eigenvalue weighted by Crippen LogP contribution is 2.30. The van der Waals surface area contributed by atoms with E-state index in [1.54, 1.807) is 0 Å². The number of allylic oxidation sites excluding steroid dienone is 1. The molecule has 2 aromatic rings. The molecule has 0 unspecified atom stereocenters. The number of hydrogen-bond donors (Lipinski definition) is 3. The highest BCUT2D eigenvalue weighted by Gasteiger charge is 2.33. The molecule has 0 spiro atoms. The number of hydrogen-bond acceptors (Lipinski definition) is 3. The summed E-state index contributed by atoms with van der Waals surface area (Å²) in [6.07, 6.45) is 0. The number of aliphatic hydroxyl groups excluding tert-OH is 1. The maximum absolute atomic E-state index is 10.7. The van der Waals surface area contributed by atoms with E-state index in [0.717, 1.165) is 0 Å². The number of benzene rings is 2. The molecule has 2 rings (SSSR count). The summed E-state index contributed by atoms with van der Waals surface area (Å²) in [6.45, 7) is 1.17. The predicted octanol–water partition coefficient (Wildman–Crippen LogP) is 3.04. The van der Waals surface area contributed by atoms with E-state index < -0.39 is 26.7 Å². The van der Waals surface area contributed by atoms with Crippen molar-refractivity contribution >= 4 is 64.6 Å². The van der Waals surface area contributed by atoms with Crippen LogP contribution < -0.4 is 16.7 Å². The van der Waals surface area contributed by atoms with Crippen molar-refractivity contribution in [3.05, 3.63) is 72.0 Å². The molecular weight excluding hydrogens is 393 g/mol. The van der Waals surface area contributed by atoms with Crippen molar-refractivity contribution in [2.75, 3.05) is 0 Å². The maximum Gasteiger partial charge on any atom is 0.254 e. The minimum atomic E-state index is -2.08. The van der Waals surface area contributed by atoms with Crippen molar-refractivity contribution in [1.29, 1.82) is 5.41 Å². The molecule has 1 amide bonds. The largest absolute Gasteiger partial charge is 0.512 e. The molecule has 8 heteroatoms. The molecular formula is C18H17BCl3N2O2. The van der Waals surface area contributed by atoms with Gasteiger partial charge in [0.15, 0.2) is 7.28 Å². The Balaban J connectivity index is 0.000000260. The number of rotatable bonds is 4. The van der Waals surface area contributed by atoms with Gasteiger partial charge in [-0.15, -0.1) is 0 Å². The van der Waals surface area contributed by atoms with Crippen LogP contribution in [0.15, 0.2) is 72.0 Å². The number of nitrogens with one attached hydrogen (secondary N) is 1. The molecule has 0 aliphatic rings. The van der Waals surface area contributed by atoms with Crippen molar-refractivity contribution in [2.45, 2.75) is 10.7 Å². The second-order valence-electron chi connectivity index (χ2n) is 5.16. The smallest absolute Gasteiger partial charge is 0.254 e. The lowest BCUT2D eigenvalue weighted by molar-refractivity contribution is -0.114. The van der Waals surface area contributed by atoms with E-state index in [9.17, 15) is 4.79 Å². The van der Waals surface area contributed by atoms with Crippen LogP contribution in [0.3, 0.4) is 0 Å². The Kier molecular flexibility index (Phi) is 8.72. The predicted molar refractivity (Wildman–Crippen MR) is 110 cm³/mol. The van der Waals surface area contributed by atoms with Gasteiger partial charge in [-0.25, -0.2) is 0 Å². The second-order valence-corrected chi connectivity index (χ2v) is 7.44. The van der Waals surface area contributed by atoms with Crippen LogP contribution in [0.5, 0.6) is 0 Å². The summed E-state index contributed by atoms with van der Waals surface area (Å²) in [5.41, 5.74) is 6.22. The number of amides is 1. The van der Waals surface area contributed by atoms with Gasteiger partial charge in [-0.2, -0.15) is 0 Å². The van der Waals surface area contributed by atoms with Crippen LogP contribution in [-0.4, -0.2) is 27.8 Å². The van der Waals surface area contributed by atoms with Gasteiger partial charge in [-0.1, -0.05) is 106 Å². The first-order chi connectivity index (χ1) is 12.1. The Hall–Kier alpha value is -1.95. The highest BCUT2D eigenvalue weighted by atomic mass is 35.6. The fourth-order valence-corrected chi connectivity index (χ4v) is 2.20. The molecule has 2 aromatic carbocycles. The third kappa shape index (κ3) is 7.52. The minimum Gasteiger partial charge on any atom is -0.512 e. The SMILES string of the molecule is CC(O)=C(C(=N)C(Cl)(Cl)Cl)C(N)=O.[B](c1ccccc1)c1ccccc1. The summed E-state index contributed by atoms with van der Waals surface area (Å²) in [5.74, 6) is -1.47. The van der Waals surface area contributed by atoms with Gasteiger partial charge < -0.3 is 10.8 Å². The van der Waals surface area contributed by atoms with Crippen molar-refractivity contribution in [2.24, 2.45) is 5.73 Å². The number of aliphatic hydroxyl groups is 1. The van der Waals surface area contributed by atoms with Gasteiger partial charge in [-0.05, 0) is 6.92 Å². The van der Waals surface area contributed by atoms with Crippen LogP contribution >= 0.6 is 34.8 Å². The fraction of sp³-hybridized carbons (Fsp3) is 0.111. The molecule has 4 nitrogen and oxygen atoms in total. The Morgan fingerprint density at radius 3 is 1.62 bits per heavy atom. The molecule has 135 valence electrons. The van der Waals surface area contributed by atoms with E-state index in [1.165, 1.54) is 17.8 Å². The van der Waals surface area contributed by atoms with Crippen molar-refractivity contribution in [3.8, 4) is 0 Å². The van der Waals surface area contributed by atoms with Gasteiger partial charge in [0.25, 0.3) is 5.91 Å². The van der Waals surface area contributed by atoms with E-state index in [1.807, 2.05) is 12.1 Å². The lowest BCUT2D eigenvalue weighted by Gasteiger charge is -2.13. The Labute approximate surface area is 168 Å². The molecule has 0 saturated carbocycles. The van der Waals surface area contributed by atoms with Crippen LogP contribution in [-0.2, 0) is 4.79 Å². The molecule has 0 aliphatic heterocycles. The summed E-state index contributed by atoms with van der Waals surface area (Å²) in [7, 11) is 2.17. The normalized spacial score (nSPS) is 11.5. The Morgan fingerprint density at radius 2 is 1.38 bits per heavy atom. The summed E-state index contributed by atoms with van der Waals surface area (Å²) in [5, 5.41) is 16.2. The topological polar surface area (TPSA) is 87.2 Å². The lowest BCUT2D eigenvalue weighted by atomic mass is 9.64. The molecule has 0 aliphatic carbocycles. The number of carbonyl (C=O) groups is 1. The quantitative estimate of drug-likeness (QED) is 0.238. The zero-order valence-corrected chi connectivity index (χ0v) is 16.2. The van der Waals surface area contributed by atoms with E-state index in [4.69, 9.17) is 51.1 Å². The first-order valence-electron chi connectivity index (χ1n) is 7.43. The molecule has 0 aromatic heterocycles. The van der Waals surface area contributed by atoms with Gasteiger partial charge in [0, 0.05) is 0 Å². The maximum atomic E-state index is 10.7. The summed E-state index contributed by atoms with van der Waals surface area (Å²) in [6, 6.07) is 20.7. The van der Waals surface area contributed by atoms with Crippen LogP contribution in [0.4, 0.5) is 0 Å². The van der Waals surface area contributed by atoms with Crippen LogP contribution in [0.2, 0.25) is 0 Å². The first-order valence-corrected chi connectivity index (χ1v) is 8.57. The Bertz CT molecular complexity index is 735. The van der Waals surface area contributed by atoms with Gasteiger partial charge in [-0.3, -0.25) is 10.2 Å². The Morgan fingerprint density at radius 1 is 1.00 bits per heavy atom. The molecule has 1 radical (unpaired) electrons. The van der Waals surface area contributed by atoms with Crippen LogP contribution in [0, 0.1) is 5.41 Å². The lowest BCUT2D eigenvalue weighted by Crippen LogP contribution is -2.29. The van der Waals surface area contributed by atoms with Gasteiger partial charge in [0.2, 0.25) is 3.79 Å². The number of carbonyl (C=O) groups excluding carboxylic acids is 1. The molecule has 0 fully saturated rings. The molecule has 4 N–H and O–H groups in total. The molecule has 0 bridgehead atoms. The van der Waals surface area contributed by atoms with Crippen molar-refractivity contribution in [1.82, 2.24) is 0 Å². The third-order valence-electron chi connectivity index (χ3n) is 3.07.